The number of rotatable bonds is 4. The fourth-order valence-electron chi connectivity index (χ4n) is 4.85. The molecule has 4 rings (SSSR count). The number of hydrogen-bond donors (Lipinski definition) is 3. The van der Waals surface area contributed by atoms with E-state index < -0.39 is 0 Å². The van der Waals surface area contributed by atoms with Crippen LogP contribution in [-0.4, -0.2) is 42.0 Å². The van der Waals surface area contributed by atoms with Crippen LogP contribution < -0.4 is 21.3 Å². The average Bonchev–Trinajstić information content (AvgIpc) is 2.78. The van der Waals surface area contributed by atoms with Gasteiger partial charge in [0.15, 0.2) is 11.7 Å². The van der Waals surface area contributed by atoms with Gasteiger partial charge in [-0.2, -0.15) is 0 Å². The van der Waals surface area contributed by atoms with E-state index in [0.29, 0.717) is 35.7 Å². The lowest BCUT2D eigenvalue weighted by atomic mass is 9.80. The molecule has 1 aromatic carbocycles. The van der Waals surface area contributed by atoms with E-state index in [-0.39, 0.29) is 5.41 Å². The van der Waals surface area contributed by atoms with Crippen molar-refractivity contribution in [3.63, 3.8) is 0 Å². The molecule has 1 saturated heterocycles. The Morgan fingerprint density at radius 1 is 1.23 bits per heavy atom. The monoisotopic (exact) mass is 421 g/mol. The van der Waals surface area contributed by atoms with Crippen LogP contribution in [0.5, 0.6) is 0 Å². The van der Waals surface area contributed by atoms with Crippen molar-refractivity contribution in [2.75, 3.05) is 41.7 Å². The van der Waals surface area contributed by atoms with Gasteiger partial charge in [0.25, 0.3) is 0 Å². The SMILES string of the molecule is CC(C)C1CCN(C(=N)c2ncc(N3CCC(C)(CN)CC3)nc2N)c2ccccc21. The molecule has 2 aliphatic heterocycles. The van der Waals surface area contributed by atoms with Gasteiger partial charge >= 0.3 is 0 Å². The minimum atomic E-state index is 0.201. The van der Waals surface area contributed by atoms with Crippen LogP contribution in [0.2, 0.25) is 0 Å². The molecule has 1 unspecified atom stereocenters. The number of amidine groups is 1. The average molecular weight is 422 g/mol. The van der Waals surface area contributed by atoms with E-state index in [1.165, 1.54) is 5.56 Å². The van der Waals surface area contributed by atoms with Crippen LogP contribution in [0.15, 0.2) is 30.5 Å². The summed E-state index contributed by atoms with van der Waals surface area (Å²) in [5.74, 6) is 2.49. The minimum Gasteiger partial charge on any atom is -0.382 e. The third-order valence-electron chi connectivity index (χ3n) is 7.16. The highest BCUT2D eigenvalue weighted by molar-refractivity contribution is 6.09. The number of anilines is 3. The number of fused-ring (bicyclic) bond motifs is 1. The second-order valence-corrected chi connectivity index (χ2v) is 9.66. The van der Waals surface area contributed by atoms with Gasteiger partial charge in [0.05, 0.1) is 6.20 Å². The Kier molecular flexibility index (Phi) is 5.88. The summed E-state index contributed by atoms with van der Waals surface area (Å²) >= 11 is 0. The summed E-state index contributed by atoms with van der Waals surface area (Å²) in [7, 11) is 0. The molecule has 1 fully saturated rings. The van der Waals surface area contributed by atoms with E-state index in [1.54, 1.807) is 6.20 Å². The highest BCUT2D eigenvalue weighted by Crippen LogP contribution is 2.40. The highest BCUT2D eigenvalue weighted by Gasteiger charge is 2.32. The van der Waals surface area contributed by atoms with Crippen molar-refractivity contribution in [2.24, 2.45) is 17.1 Å². The van der Waals surface area contributed by atoms with Crippen LogP contribution >= 0.6 is 0 Å². The Bertz CT molecular complexity index is 947. The fraction of sp³-hybridized carbons (Fsp3) is 0.542. The molecule has 0 bridgehead atoms. The Labute approximate surface area is 185 Å². The van der Waals surface area contributed by atoms with Gasteiger partial charge in [-0.05, 0) is 54.7 Å². The maximum atomic E-state index is 8.88. The Balaban J connectivity index is 1.55. The van der Waals surface area contributed by atoms with Crippen molar-refractivity contribution in [1.82, 2.24) is 9.97 Å². The molecule has 1 aromatic heterocycles. The summed E-state index contributed by atoms with van der Waals surface area (Å²) in [6, 6.07) is 8.39. The predicted molar refractivity (Wildman–Crippen MR) is 128 cm³/mol. The number of nitrogen functional groups attached to an aromatic ring is 1. The molecule has 0 spiro atoms. The third-order valence-corrected chi connectivity index (χ3v) is 7.16. The van der Waals surface area contributed by atoms with Crippen LogP contribution in [-0.2, 0) is 0 Å². The summed E-state index contributed by atoms with van der Waals surface area (Å²) in [5, 5.41) is 8.88. The van der Waals surface area contributed by atoms with Gasteiger partial charge in [0, 0.05) is 25.3 Å². The number of benzene rings is 1. The van der Waals surface area contributed by atoms with Crippen LogP contribution in [0.25, 0.3) is 0 Å². The summed E-state index contributed by atoms with van der Waals surface area (Å²) < 4.78 is 0. The first-order valence-corrected chi connectivity index (χ1v) is 11.4. The molecule has 5 N–H and O–H groups in total. The molecule has 0 amide bonds. The quantitative estimate of drug-likeness (QED) is 0.514. The first kappa shape index (κ1) is 21.6. The number of aromatic nitrogens is 2. The lowest BCUT2D eigenvalue weighted by Gasteiger charge is -2.39. The number of para-hydroxylation sites is 1. The normalized spacial score (nSPS) is 20.6. The largest absolute Gasteiger partial charge is 0.382 e. The molecule has 3 heterocycles. The fourth-order valence-corrected chi connectivity index (χ4v) is 4.85. The van der Waals surface area contributed by atoms with Gasteiger partial charge in [0.1, 0.15) is 11.5 Å². The van der Waals surface area contributed by atoms with Crippen molar-refractivity contribution >= 4 is 23.2 Å². The van der Waals surface area contributed by atoms with E-state index in [2.05, 4.69) is 53.8 Å². The molecular formula is C24H35N7. The van der Waals surface area contributed by atoms with Crippen molar-refractivity contribution < 1.29 is 0 Å². The van der Waals surface area contributed by atoms with Crippen molar-refractivity contribution in [2.45, 2.75) is 46.0 Å². The topological polar surface area (TPSA) is 108 Å². The summed E-state index contributed by atoms with van der Waals surface area (Å²) in [5.41, 5.74) is 15.3. The molecular weight excluding hydrogens is 386 g/mol. The van der Waals surface area contributed by atoms with Crippen LogP contribution in [0.1, 0.15) is 57.2 Å². The van der Waals surface area contributed by atoms with E-state index in [1.807, 2.05) is 11.0 Å². The lowest BCUT2D eigenvalue weighted by molar-refractivity contribution is 0.258. The third kappa shape index (κ3) is 4.11. The van der Waals surface area contributed by atoms with Crippen molar-refractivity contribution in [1.29, 1.82) is 5.41 Å². The number of nitrogens with one attached hydrogen (secondary N) is 1. The number of nitrogens with two attached hydrogens (primary N) is 2. The number of hydrogen-bond acceptors (Lipinski definition) is 6. The Hall–Kier alpha value is -2.67. The zero-order valence-electron chi connectivity index (χ0n) is 18.9. The predicted octanol–water partition coefficient (Wildman–Crippen LogP) is 3.60. The van der Waals surface area contributed by atoms with Gasteiger partial charge < -0.3 is 21.3 Å². The maximum Gasteiger partial charge on any atom is 0.155 e. The van der Waals surface area contributed by atoms with Gasteiger partial charge in [-0.15, -0.1) is 0 Å². The molecule has 0 radical (unpaired) electrons. The molecule has 2 aromatic rings. The minimum absolute atomic E-state index is 0.201. The summed E-state index contributed by atoms with van der Waals surface area (Å²) in [6.45, 7) is 10.1. The van der Waals surface area contributed by atoms with E-state index in [9.17, 15) is 0 Å². The van der Waals surface area contributed by atoms with Gasteiger partial charge in [-0.3, -0.25) is 5.41 Å². The Morgan fingerprint density at radius 3 is 2.58 bits per heavy atom. The van der Waals surface area contributed by atoms with Gasteiger partial charge in [-0.25, -0.2) is 9.97 Å². The van der Waals surface area contributed by atoms with E-state index in [0.717, 1.165) is 50.4 Å². The molecule has 2 aliphatic rings. The van der Waals surface area contributed by atoms with E-state index in [4.69, 9.17) is 16.9 Å². The molecule has 0 saturated carbocycles. The molecule has 7 nitrogen and oxygen atoms in total. The van der Waals surface area contributed by atoms with E-state index >= 15 is 0 Å². The zero-order chi connectivity index (χ0) is 22.2. The van der Waals surface area contributed by atoms with Crippen LogP contribution in [0, 0.1) is 16.7 Å². The van der Waals surface area contributed by atoms with Crippen LogP contribution in [0.3, 0.4) is 0 Å². The molecule has 1 atom stereocenters. The highest BCUT2D eigenvalue weighted by atomic mass is 15.2. The zero-order valence-corrected chi connectivity index (χ0v) is 18.9. The maximum absolute atomic E-state index is 8.88. The lowest BCUT2D eigenvalue weighted by Crippen LogP contribution is -2.43. The molecule has 0 aliphatic carbocycles. The smallest absolute Gasteiger partial charge is 0.155 e. The standard InChI is InChI=1S/C24H35N7/c1-16(2)17-8-11-31(19-7-5-4-6-18(17)19)23(27)21-22(26)29-20(14-28-21)30-12-9-24(3,15-25)10-13-30/h4-7,14,16-17,27H,8-13,15,25H2,1-3H3,(H2,26,29). The van der Waals surface area contributed by atoms with Crippen molar-refractivity contribution in [3.05, 3.63) is 41.7 Å². The summed E-state index contributed by atoms with van der Waals surface area (Å²) in [4.78, 5) is 13.5. The first-order chi connectivity index (χ1) is 14.8. The molecule has 166 valence electrons. The number of nitrogens with zero attached hydrogens (tertiary/aromatic N) is 4. The van der Waals surface area contributed by atoms with Crippen molar-refractivity contribution in [3.8, 4) is 0 Å². The number of piperidine rings is 1. The molecule has 31 heavy (non-hydrogen) atoms. The Morgan fingerprint density at radius 2 is 1.94 bits per heavy atom. The molecule has 7 heteroatoms. The second kappa shape index (κ2) is 8.46. The van der Waals surface area contributed by atoms with Crippen LogP contribution in [0.4, 0.5) is 17.3 Å². The van der Waals surface area contributed by atoms with Gasteiger partial charge in [-0.1, -0.05) is 39.0 Å². The summed E-state index contributed by atoms with van der Waals surface area (Å²) in [6.07, 6.45) is 4.84. The first-order valence-electron chi connectivity index (χ1n) is 11.4. The second-order valence-electron chi connectivity index (χ2n) is 9.66. The van der Waals surface area contributed by atoms with Gasteiger partial charge in [0.2, 0.25) is 0 Å².